The van der Waals surface area contributed by atoms with Crippen LogP contribution in [0.3, 0.4) is 0 Å². The number of rotatable bonds is 3. The van der Waals surface area contributed by atoms with Crippen LogP contribution in [0.4, 0.5) is 5.69 Å². The van der Waals surface area contributed by atoms with E-state index in [4.69, 9.17) is 15.2 Å². The van der Waals surface area contributed by atoms with E-state index in [2.05, 4.69) is 22.4 Å². The number of nitrogens with two attached hydrogens (primary N) is 1. The van der Waals surface area contributed by atoms with Gasteiger partial charge in [0.15, 0.2) is 17.5 Å². The van der Waals surface area contributed by atoms with Gasteiger partial charge in [-0.05, 0) is 29.7 Å². The molecule has 2 aromatic rings. The van der Waals surface area contributed by atoms with Gasteiger partial charge in [-0.15, -0.1) is 24.0 Å². The predicted molar refractivity (Wildman–Crippen MR) is 123 cm³/mol. The highest BCUT2D eigenvalue weighted by Gasteiger charge is 2.20. The summed E-state index contributed by atoms with van der Waals surface area (Å²) in [6.45, 7) is 2.62. The normalized spacial score (nSPS) is 15.6. The molecule has 4 rings (SSSR count). The first-order valence-corrected chi connectivity index (χ1v) is 9.50. The molecule has 0 aliphatic carbocycles. The number of anilines is 1. The number of hydrogen-bond donors (Lipinski definition) is 2. The molecule has 0 aromatic heterocycles. The summed E-state index contributed by atoms with van der Waals surface area (Å²) < 4.78 is 11.3. The zero-order chi connectivity index (χ0) is 19.3. The minimum atomic E-state index is -0.0297. The van der Waals surface area contributed by atoms with Crippen molar-refractivity contribution in [3.05, 3.63) is 53.6 Å². The number of aliphatic imine (C=N–C) groups is 1. The third-order valence-electron chi connectivity index (χ3n) is 4.89. The number of ether oxygens (including phenoxy) is 2. The third kappa shape index (κ3) is 5.31. The Kier molecular flexibility index (Phi) is 7.18. The van der Waals surface area contributed by atoms with Gasteiger partial charge in [-0.1, -0.05) is 24.3 Å². The van der Waals surface area contributed by atoms with Crippen molar-refractivity contribution < 1.29 is 14.3 Å². The van der Waals surface area contributed by atoms with Crippen molar-refractivity contribution in [3.8, 4) is 11.5 Å². The van der Waals surface area contributed by atoms with Gasteiger partial charge in [-0.2, -0.15) is 0 Å². The lowest BCUT2D eigenvalue weighted by Gasteiger charge is -2.28. The van der Waals surface area contributed by atoms with Crippen LogP contribution in [0.15, 0.2) is 47.5 Å². The van der Waals surface area contributed by atoms with Crippen molar-refractivity contribution in [1.29, 1.82) is 0 Å². The first-order valence-electron chi connectivity index (χ1n) is 9.50. The first-order chi connectivity index (χ1) is 13.7. The van der Waals surface area contributed by atoms with Gasteiger partial charge < -0.3 is 25.4 Å². The number of amides is 1. The van der Waals surface area contributed by atoms with Gasteiger partial charge in [0.1, 0.15) is 6.54 Å². The molecule has 29 heavy (non-hydrogen) atoms. The Balaban J connectivity index is 0.00000240. The topological polar surface area (TPSA) is 89.2 Å². The van der Waals surface area contributed by atoms with Crippen LogP contribution >= 0.6 is 24.0 Å². The van der Waals surface area contributed by atoms with E-state index >= 15 is 0 Å². The summed E-state index contributed by atoms with van der Waals surface area (Å²) in [6, 6.07) is 13.7. The van der Waals surface area contributed by atoms with Gasteiger partial charge in [0.2, 0.25) is 5.91 Å². The summed E-state index contributed by atoms with van der Waals surface area (Å²) in [5.41, 5.74) is 9.21. The van der Waals surface area contributed by atoms with Crippen molar-refractivity contribution in [2.24, 2.45) is 10.7 Å². The molecule has 2 aromatic carbocycles. The largest absolute Gasteiger partial charge is 0.490 e. The Bertz CT molecular complexity index is 903. The van der Waals surface area contributed by atoms with Crippen LogP contribution in [0.1, 0.15) is 17.5 Å². The number of nitrogens with zero attached hydrogens (tertiary/aromatic N) is 2. The molecule has 0 unspecified atom stereocenters. The van der Waals surface area contributed by atoms with Crippen LogP contribution in [-0.4, -0.2) is 43.1 Å². The van der Waals surface area contributed by atoms with Crippen molar-refractivity contribution in [3.63, 3.8) is 0 Å². The van der Waals surface area contributed by atoms with Gasteiger partial charge in [0.25, 0.3) is 0 Å². The van der Waals surface area contributed by atoms with E-state index in [1.807, 2.05) is 35.2 Å². The Labute approximate surface area is 187 Å². The quantitative estimate of drug-likeness (QED) is 0.378. The van der Waals surface area contributed by atoms with E-state index in [-0.39, 0.29) is 42.4 Å². The number of hydrogen-bond acceptors (Lipinski definition) is 4. The molecule has 7 nitrogen and oxygen atoms in total. The lowest BCUT2D eigenvalue weighted by atomic mass is 10.00. The number of nitrogens with one attached hydrogen (secondary N) is 1. The van der Waals surface area contributed by atoms with Gasteiger partial charge in [0, 0.05) is 31.3 Å². The summed E-state index contributed by atoms with van der Waals surface area (Å²) in [5.74, 6) is 1.57. The molecule has 0 bridgehead atoms. The number of halogens is 1. The molecule has 1 amide bonds. The molecular formula is C21H25IN4O3. The molecule has 0 radical (unpaired) electrons. The lowest BCUT2D eigenvalue weighted by molar-refractivity contribution is -0.130. The highest BCUT2D eigenvalue weighted by atomic mass is 127. The fraction of sp³-hybridized carbons (Fsp3) is 0.333. The summed E-state index contributed by atoms with van der Waals surface area (Å²) in [6.07, 6.45) is 1.72. The molecule has 0 atom stereocenters. The molecule has 2 aliphatic rings. The average Bonchev–Trinajstić information content (AvgIpc) is 2.96. The summed E-state index contributed by atoms with van der Waals surface area (Å²) >= 11 is 0. The van der Waals surface area contributed by atoms with Crippen LogP contribution in [0, 0.1) is 0 Å². The van der Waals surface area contributed by atoms with Crippen LogP contribution in [-0.2, 0) is 17.8 Å². The maximum atomic E-state index is 12.5. The van der Waals surface area contributed by atoms with Crippen molar-refractivity contribution in [2.75, 3.05) is 31.6 Å². The Morgan fingerprint density at radius 3 is 2.69 bits per heavy atom. The number of guanidine groups is 1. The van der Waals surface area contributed by atoms with Crippen LogP contribution in [0.5, 0.6) is 11.5 Å². The molecule has 3 N–H and O–H groups in total. The summed E-state index contributed by atoms with van der Waals surface area (Å²) in [7, 11) is 0. The molecule has 8 heteroatoms. The second-order valence-electron chi connectivity index (χ2n) is 6.87. The molecule has 0 spiro atoms. The van der Waals surface area contributed by atoms with Gasteiger partial charge in [0.05, 0.1) is 13.2 Å². The molecule has 154 valence electrons. The third-order valence-corrected chi connectivity index (χ3v) is 4.89. The fourth-order valence-electron chi connectivity index (χ4n) is 3.39. The SMILES string of the molecule is I.NC(=NCC(=O)N1CCc2ccccc2C1)Nc1ccc2c(c1)OCCCO2. The average molecular weight is 508 g/mol. The second-order valence-corrected chi connectivity index (χ2v) is 6.87. The van der Waals surface area contributed by atoms with Gasteiger partial charge in [-0.3, -0.25) is 4.79 Å². The van der Waals surface area contributed by atoms with Crippen molar-refractivity contribution >= 4 is 41.5 Å². The monoisotopic (exact) mass is 508 g/mol. The zero-order valence-electron chi connectivity index (χ0n) is 16.1. The highest BCUT2D eigenvalue weighted by Crippen LogP contribution is 2.32. The molecule has 2 aliphatic heterocycles. The van der Waals surface area contributed by atoms with E-state index in [0.29, 0.717) is 32.1 Å². The predicted octanol–water partition coefficient (Wildman–Crippen LogP) is 2.78. The van der Waals surface area contributed by atoms with E-state index in [0.717, 1.165) is 24.3 Å². The van der Waals surface area contributed by atoms with Crippen molar-refractivity contribution in [1.82, 2.24) is 4.90 Å². The number of carbonyl (C=O) groups excluding carboxylic acids is 1. The minimum Gasteiger partial charge on any atom is -0.490 e. The molecule has 0 fully saturated rings. The van der Waals surface area contributed by atoms with Crippen LogP contribution in [0.25, 0.3) is 0 Å². The first kappa shape index (κ1) is 21.2. The van der Waals surface area contributed by atoms with E-state index < -0.39 is 0 Å². The standard InChI is InChI=1S/C21H24N4O3.HI/c22-21(24-17-6-7-18-19(12-17)28-11-3-10-27-18)23-13-20(26)25-9-8-15-4-1-2-5-16(15)14-25;/h1-2,4-7,12H,3,8-11,13-14H2,(H3,22,23,24);1H. The van der Waals surface area contributed by atoms with Crippen LogP contribution in [0.2, 0.25) is 0 Å². The van der Waals surface area contributed by atoms with Gasteiger partial charge >= 0.3 is 0 Å². The molecule has 2 heterocycles. The molecule has 0 saturated heterocycles. The van der Waals surface area contributed by atoms with Crippen molar-refractivity contribution in [2.45, 2.75) is 19.4 Å². The van der Waals surface area contributed by atoms with Crippen LogP contribution < -0.4 is 20.5 Å². The smallest absolute Gasteiger partial charge is 0.244 e. The summed E-state index contributed by atoms with van der Waals surface area (Å²) in [5, 5.41) is 3.01. The van der Waals surface area contributed by atoms with Gasteiger partial charge in [-0.25, -0.2) is 4.99 Å². The van der Waals surface area contributed by atoms with E-state index in [1.54, 1.807) is 0 Å². The zero-order valence-corrected chi connectivity index (χ0v) is 18.4. The number of carbonyl (C=O) groups is 1. The maximum absolute atomic E-state index is 12.5. The summed E-state index contributed by atoms with van der Waals surface area (Å²) in [4.78, 5) is 18.5. The highest BCUT2D eigenvalue weighted by molar-refractivity contribution is 14.0. The Morgan fingerprint density at radius 2 is 1.86 bits per heavy atom. The maximum Gasteiger partial charge on any atom is 0.244 e. The number of benzene rings is 2. The van der Waals surface area contributed by atoms with E-state index in [9.17, 15) is 4.79 Å². The lowest BCUT2D eigenvalue weighted by Crippen LogP contribution is -2.38. The Morgan fingerprint density at radius 1 is 1.10 bits per heavy atom. The molecule has 0 saturated carbocycles. The molecular weight excluding hydrogens is 483 g/mol. The number of fused-ring (bicyclic) bond motifs is 2. The fourth-order valence-corrected chi connectivity index (χ4v) is 3.39. The minimum absolute atomic E-state index is 0. The second kappa shape index (κ2) is 9.82. The Hall–Kier alpha value is -2.49. The van der Waals surface area contributed by atoms with E-state index in [1.165, 1.54) is 11.1 Å².